The summed E-state index contributed by atoms with van der Waals surface area (Å²) in [5, 5.41) is 7.34. The highest BCUT2D eigenvalue weighted by molar-refractivity contribution is 6.00. The molecule has 5 nitrogen and oxygen atoms in total. The van der Waals surface area contributed by atoms with Crippen molar-refractivity contribution in [3.05, 3.63) is 108 Å². The smallest absolute Gasteiger partial charge is 0.319 e. The Morgan fingerprint density at radius 1 is 0.919 bits per heavy atom. The minimum atomic E-state index is -0.171. The van der Waals surface area contributed by atoms with Crippen LogP contribution in [0, 0.1) is 12.8 Å². The Morgan fingerprint density at radius 3 is 2.30 bits per heavy atom. The number of nitrogens with zero attached hydrogens (tertiary/aromatic N) is 2. The zero-order valence-corrected chi connectivity index (χ0v) is 21.6. The van der Waals surface area contributed by atoms with Crippen molar-refractivity contribution in [1.29, 1.82) is 0 Å². The molecule has 1 aliphatic rings. The number of fused-ring (bicyclic) bond motifs is 1. The number of rotatable bonds is 8. The van der Waals surface area contributed by atoms with Crippen LogP contribution in [-0.2, 0) is 12.8 Å². The molecule has 1 fully saturated rings. The van der Waals surface area contributed by atoms with Gasteiger partial charge in [0.15, 0.2) is 0 Å². The van der Waals surface area contributed by atoms with Gasteiger partial charge in [-0.05, 0) is 74.9 Å². The summed E-state index contributed by atoms with van der Waals surface area (Å²) < 4.78 is 0. The summed E-state index contributed by atoms with van der Waals surface area (Å²) in [6.45, 7) is 4.94. The van der Waals surface area contributed by atoms with Crippen LogP contribution in [0.4, 0.5) is 10.5 Å². The number of aromatic nitrogens is 1. The fourth-order valence-corrected chi connectivity index (χ4v) is 5.45. The number of pyridine rings is 1. The van der Waals surface area contributed by atoms with Gasteiger partial charge in [0.05, 0.1) is 11.2 Å². The molecule has 1 unspecified atom stereocenters. The SMILES string of the molecule is Cc1cc(NC(=O)NC(Cc2ccccc2)CN2CCC(Cc3ccccc3)CC2)c2ccccc2n1. The maximum atomic E-state index is 13.2. The molecule has 0 saturated carbocycles. The van der Waals surface area contributed by atoms with Crippen LogP contribution in [0.5, 0.6) is 0 Å². The van der Waals surface area contributed by atoms with Gasteiger partial charge in [0.25, 0.3) is 0 Å². The molecule has 1 aromatic heterocycles. The minimum Gasteiger partial charge on any atom is -0.334 e. The van der Waals surface area contributed by atoms with E-state index in [0.29, 0.717) is 0 Å². The van der Waals surface area contributed by atoms with Gasteiger partial charge in [0.2, 0.25) is 0 Å². The topological polar surface area (TPSA) is 57.3 Å². The molecule has 1 saturated heterocycles. The molecule has 190 valence electrons. The fraction of sp³-hybridized carbons (Fsp3) is 0.312. The summed E-state index contributed by atoms with van der Waals surface area (Å²) in [6.07, 6.45) is 4.35. The third kappa shape index (κ3) is 6.95. The zero-order chi connectivity index (χ0) is 25.5. The van der Waals surface area contributed by atoms with Gasteiger partial charge in [-0.15, -0.1) is 0 Å². The van der Waals surface area contributed by atoms with Gasteiger partial charge in [-0.1, -0.05) is 78.9 Å². The van der Waals surface area contributed by atoms with Crippen LogP contribution < -0.4 is 10.6 Å². The summed E-state index contributed by atoms with van der Waals surface area (Å²) in [4.78, 5) is 20.3. The predicted octanol–water partition coefficient (Wildman–Crippen LogP) is 6.23. The van der Waals surface area contributed by atoms with E-state index in [9.17, 15) is 4.79 Å². The first-order valence-electron chi connectivity index (χ1n) is 13.4. The van der Waals surface area contributed by atoms with Crippen molar-refractivity contribution in [3.8, 4) is 0 Å². The van der Waals surface area contributed by atoms with Crippen LogP contribution in [0.15, 0.2) is 91.0 Å². The molecule has 0 bridgehead atoms. The average Bonchev–Trinajstić information content (AvgIpc) is 2.91. The lowest BCUT2D eigenvalue weighted by Crippen LogP contribution is -2.48. The number of urea groups is 1. The third-order valence-corrected chi connectivity index (χ3v) is 7.31. The molecular weight excluding hydrogens is 456 g/mol. The number of anilines is 1. The molecule has 37 heavy (non-hydrogen) atoms. The number of hydrogen-bond acceptors (Lipinski definition) is 3. The first-order valence-corrected chi connectivity index (χ1v) is 13.4. The predicted molar refractivity (Wildman–Crippen MR) is 152 cm³/mol. The Morgan fingerprint density at radius 2 is 1.57 bits per heavy atom. The second-order valence-corrected chi connectivity index (χ2v) is 10.2. The Hall–Kier alpha value is -3.70. The largest absolute Gasteiger partial charge is 0.334 e. The van der Waals surface area contributed by atoms with Gasteiger partial charge in [-0.2, -0.15) is 0 Å². The number of likely N-dealkylation sites (tertiary alicyclic amines) is 1. The zero-order valence-electron chi connectivity index (χ0n) is 21.6. The first-order chi connectivity index (χ1) is 18.1. The lowest BCUT2D eigenvalue weighted by Gasteiger charge is -2.34. The highest BCUT2D eigenvalue weighted by Crippen LogP contribution is 2.24. The number of benzene rings is 3. The molecule has 5 rings (SSSR count). The molecule has 0 spiro atoms. The molecule has 5 heteroatoms. The van der Waals surface area contributed by atoms with Gasteiger partial charge in [0, 0.05) is 23.7 Å². The molecule has 1 atom stereocenters. The van der Waals surface area contributed by atoms with Crippen molar-refractivity contribution in [1.82, 2.24) is 15.2 Å². The lowest BCUT2D eigenvalue weighted by atomic mass is 9.90. The third-order valence-electron chi connectivity index (χ3n) is 7.31. The van der Waals surface area contributed by atoms with Gasteiger partial charge in [-0.25, -0.2) is 4.79 Å². The van der Waals surface area contributed by atoms with E-state index in [-0.39, 0.29) is 12.1 Å². The molecule has 3 aromatic carbocycles. The lowest BCUT2D eigenvalue weighted by molar-refractivity contribution is 0.168. The standard InChI is InChI=1S/C32H36N4O/c1-24-20-31(29-14-8-9-15-30(29)33-24)35-32(37)34-28(22-26-12-6-3-7-13-26)23-36-18-16-27(17-19-36)21-25-10-4-2-5-11-25/h2-15,20,27-28H,16-19,21-23H2,1H3,(H2,33,34,35,37). The Kier molecular flexibility index (Phi) is 8.11. The van der Waals surface area contributed by atoms with Gasteiger partial charge >= 0.3 is 6.03 Å². The van der Waals surface area contributed by atoms with Crippen molar-refractivity contribution in [2.24, 2.45) is 5.92 Å². The van der Waals surface area contributed by atoms with Crippen LogP contribution in [0.1, 0.15) is 29.7 Å². The van der Waals surface area contributed by atoms with Crippen molar-refractivity contribution in [2.45, 2.75) is 38.6 Å². The Bertz CT molecular complexity index is 1300. The Labute approximate surface area is 219 Å². The highest BCUT2D eigenvalue weighted by Gasteiger charge is 2.23. The van der Waals surface area contributed by atoms with E-state index in [1.807, 2.05) is 43.3 Å². The number of carbonyl (C=O) groups is 1. The Balaban J connectivity index is 1.23. The number of aryl methyl sites for hydroxylation is 1. The number of carbonyl (C=O) groups excluding carboxylic acids is 1. The second kappa shape index (κ2) is 12.0. The molecule has 2 amide bonds. The number of piperidine rings is 1. The summed E-state index contributed by atoms with van der Waals surface area (Å²) in [6, 6.07) is 30.9. The summed E-state index contributed by atoms with van der Waals surface area (Å²) >= 11 is 0. The summed E-state index contributed by atoms with van der Waals surface area (Å²) in [5.74, 6) is 0.727. The van der Waals surface area contributed by atoms with Gasteiger partial charge < -0.3 is 15.5 Å². The molecule has 4 aromatic rings. The van der Waals surface area contributed by atoms with E-state index in [1.165, 1.54) is 24.0 Å². The molecular formula is C32H36N4O. The number of para-hydroxylation sites is 1. The normalized spacial score (nSPS) is 15.4. The van der Waals surface area contributed by atoms with Gasteiger partial charge in [0.1, 0.15) is 0 Å². The molecule has 0 radical (unpaired) electrons. The summed E-state index contributed by atoms with van der Waals surface area (Å²) in [7, 11) is 0. The quantitative estimate of drug-likeness (QED) is 0.307. The van der Waals surface area contributed by atoms with Crippen molar-refractivity contribution >= 4 is 22.6 Å². The van der Waals surface area contributed by atoms with E-state index in [1.54, 1.807) is 0 Å². The maximum absolute atomic E-state index is 13.2. The minimum absolute atomic E-state index is 0.0160. The number of nitrogens with one attached hydrogen (secondary N) is 2. The van der Waals surface area contributed by atoms with E-state index < -0.39 is 0 Å². The van der Waals surface area contributed by atoms with Crippen LogP contribution >= 0.6 is 0 Å². The molecule has 0 aliphatic carbocycles. The molecule has 1 aliphatic heterocycles. The van der Waals surface area contributed by atoms with E-state index >= 15 is 0 Å². The van der Waals surface area contributed by atoms with Crippen LogP contribution in [0.25, 0.3) is 10.9 Å². The fourth-order valence-electron chi connectivity index (χ4n) is 5.45. The van der Waals surface area contributed by atoms with E-state index in [0.717, 1.165) is 60.7 Å². The van der Waals surface area contributed by atoms with E-state index in [4.69, 9.17) is 0 Å². The van der Waals surface area contributed by atoms with Crippen LogP contribution in [0.2, 0.25) is 0 Å². The monoisotopic (exact) mass is 492 g/mol. The van der Waals surface area contributed by atoms with Crippen LogP contribution in [0.3, 0.4) is 0 Å². The number of hydrogen-bond donors (Lipinski definition) is 2. The first kappa shape index (κ1) is 25.0. The van der Waals surface area contributed by atoms with Crippen molar-refractivity contribution < 1.29 is 4.79 Å². The highest BCUT2D eigenvalue weighted by atomic mass is 16.2. The average molecular weight is 493 g/mol. The van der Waals surface area contributed by atoms with Crippen molar-refractivity contribution in [3.63, 3.8) is 0 Å². The number of amides is 2. The van der Waals surface area contributed by atoms with Crippen LogP contribution in [-0.4, -0.2) is 41.6 Å². The molecule has 2 heterocycles. The van der Waals surface area contributed by atoms with E-state index in [2.05, 4.69) is 75.1 Å². The molecule has 2 N–H and O–H groups in total. The van der Waals surface area contributed by atoms with Gasteiger partial charge in [-0.3, -0.25) is 4.98 Å². The second-order valence-electron chi connectivity index (χ2n) is 10.2. The maximum Gasteiger partial charge on any atom is 0.319 e. The summed E-state index contributed by atoms with van der Waals surface area (Å²) in [5.41, 5.74) is 5.23. The van der Waals surface area contributed by atoms with Crippen molar-refractivity contribution in [2.75, 3.05) is 25.0 Å².